The maximum atomic E-state index is 13.9. The van der Waals surface area contributed by atoms with Crippen LogP contribution in [0.2, 0.25) is 0 Å². The number of aliphatic hydroxyl groups excluding tert-OH is 1. The van der Waals surface area contributed by atoms with Gasteiger partial charge in [0, 0.05) is 31.9 Å². The number of aromatic nitrogens is 3. The number of aliphatic hydroxyl groups is 1. The number of imidazole rings is 1. The molecule has 9 nitrogen and oxygen atoms in total. The summed E-state index contributed by atoms with van der Waals surface area (Å²) < 4.78 is 21.4. The van der Waals surface area contributed by atoms with Crippen LogP contribution in [0.25, 0.3) is 11.4 Å². The zero-order chi connectivity index (χ0) is 26.4. The van der Waals surface area contributed by atoms with Crippen LogP contribution in [0.15, 0.2) is 42.6 Å². The van der Waals surface area contributed by atoms with E-state index in [1.807, 2.05) is 19.9 Å². The first-order valence-corrected chi connectivity index (χ1v) is 12.5. The lowest BCUT2D eigenvalue weighted by Crippen LogP contribution is -2.39. The number of nitrogens with zero attached hydrogens (tertiary/aromatic N) is 4. The van der Waals surface area contributed by atoms with Crippen LogP contribution in [-0.4, -0.2) is 62.7 Å². The number of nitrogens with one attached hydrogen (secondary N) is 1. The summed E-state index contributed by atoms with van der Waals surface area (Å²) in [6.07, 6.45) is 4.75. The number of hydrogen-bond acceptors (Lipinski definition) is 6. The summed E-state index contributed by atoms with van der Waals surface area (Å²) in [6.45, 7) is 4.76. The fourth-order valence-electron chi connectivity index (χ4n) is 4.09. The van der Waals surface area contributed by atoms with Gasteiger partial charge in [-0.15, -0.1) is 0 Å². The Kier molecular flexibility index (Phi) is 8.50. The van der Waals surface area contributed by atoms with E-state index >= 15 is 0 Å². The van der Waals surface area contributed by atoms with Crippen LogP contribution in [0.4, 0.5) is 10.2 Å². The van der Waals surface area contributed by atoms with Crippen molar-refractivity contribution in [3.63, 3.8) is 0 Å². The van der Waals surface area contributed by atoms with Gasteiger partial charge in [0.05, 0.1) is 12.2 Å². The summed E-state index contributed by atoms with van der Waals surface area (Å²) in [5, 5.41) is 12.0. The summed E-state index contributed by atoms with van der Waals surface area (Å²) in [5.74, 6) is 0.664. The monoisotopic (exact) mass is 509 g/mol. The van der Waals surface area contributed by atoms with Crippen LogP contribution in [0, 0.1) is 11.7 Å². The standard InChI is InChI=1S/C27H32FN5O4/c1-18(2)32(13-4-14-34)27(36)23-24(30-17-35)31-25(33(23)15-19-8-10-21(28)11-9-19)22-5-3-12-29-26(22)37-16-20-6-7-20/h3,5,8-12,17-18,20,34H,4,6-7,13-16H2,1-2H3,(H,30,35). The lowest BCUT2D eigenvalue weighted by molar-refractivity contribution is -0.105. The van der Waals surface area contributed by atoms with Gasteiger partial charge >= 0.3 is 0 Å². The van der Waals surface area contributed by atoms with E-state index in [4.69, 9.17) is 4.74 Å². The van der Waals surface area contributed by atoms with Gasteiger partial charge in [0.2, 0.25) is 12.3 Å². The third-order valence-corrected chi connectivity index (χ3v) is 6.23. The second-order valence-corrected chi connectivity index (χ2v) is 9.39. The van der Waals surface area contributed by atoms with E-state index in [9.17, 15) is 19.1 Å². The number of amides is 2. The van der Waals surface area contributed by atoms with Gasteiger partial charge in [0.15, 0.2) is 11.5 Å². The quantitative estimate of drug-likeness (QED) is 0.340. The molecule has 1 aliphatic rings. The van der Waals surface area contributed by atoms with Crippen LogP contribution >= 0.6 is 0 Å². The summed E-state index contributed by atoms with van der Waals surface area (Å²) in [5.41, 5.74) is 1.49. The predicted molar refractivity (Wildman–Crippen MR) is 137 cm³/mol. The molecular weight excluding hydrogens is 477 g/mol. The number of anilines is 1. The Morgan fingerprint density at radius 1 is 1.30 bits per heavy atom. The lowest BCUT2D eigenvalue weighted by atomic mass is 10.2. The second kappa shape index (κ2) is 12.0. The first-order valence-electron chi connectivity index (χ1n) is 12.5. The highest BCUT2D eigenvalue weighted by Crippen LogP contribution is 2.35. The Balaban J connectivity index is 1.86. The fraction of sp³-hybridized carbons (Fsp3) is 0.407. The van der Waals surface area contributed by atoms with Crippen molar-refractivity contribution in [3.05, 3.63) is 59.7 Å². The summed E-state index contributed by atoms with van der Waals surface area (Å²) in [7, 11) is 0. The smallest absolute Gasteiger partial charge is 0.274 e. The molecule has 0 aliphatic heterocycles. The van der Waals surface area contributed by atoms with E-state index in [0.717, 1.165) is 18.4 Å². The van der Waals surface area contributed by atoms with Gasteiger partial charge in [-0.1, -0.05) is 12.1 Å². The molecule has 10 heteroatoms. The molecule has 2 aromatic heterocycles. The molecule has 1 fully saturated rings. The topological polar surface area (TPSA) is 110 Å². The molecule has 0 saturated heterocycles. The molecule has 0 bridgehead atoms. The average molecular weight is 510 g/mol. The van der Waals surface area contributed by atoms with E-state index in [1.54, 1.807) is 33.9 Å². The van der Waals surface area contributed by atoms with Crippen LogP contribution in [0.5, 0.6) is 5.88 Å². The van der Waals surface area contributed by atoms with Gasteiger partial charge in [-0.2, -0.15) is 0 Å². The molecule has 4 rings (SSSR count). The molecular formula is C27H32FN5O4. The number of halogens is 1. The molecule has 2 amide bonds. The number of benzene rings is 1. The summed E-state index contributed by atoms with van der Waals surface area (Å²) in [4.78, 5) is 36.2. The molecule has 0 unspecified atom stereocenters. The molecule has 1 saturated carbocycles. The number of carbonyl (C=O) groups excluding carboxylic acids is 2. The number of ether oxygens (including phenoxy) is 1. The molecule has 2 heterocycles. The molecule has 196 valence electrons. The molecule has 37 heavy (non-hydrogen) atoms. The lowest BCUT2D eigenvalue weighted by Gasteiger charge is -2.27. The molecule has 3 aromatic rings. The van der Waals surface area contributed by atoms with Crippen LogP contribution in [0.1, 0.15) is 49.2 Å². The minimum atomic E-state index is -0.368. The largest absolute Gasteiger partial charge is 0.477 e. The molecule has 1 aliphatic carbocycles. The summed E-state index contributed by atoms with van der Waals surface area (Å²) in [6, 6.07) is 9.38. The minimum absolute atomic E-state index is 0.0621. The van der Waals surface area contributed by atoms with Crippen molar-refractivity contribution in [2.75, 3.05) is 25.1 Å². The number of hydrogen-bond donors (Lipinski definition) is 2. The van der Waals surface area contributed by atoms with E-state index in [1.165, 1.54) is 12.1 Å². The van der Waals surface area contributed by atoms with Crippen molar-refractivity contribution in [1.29, 1.82) is 0 Å². The zero-order valence-corrected chi connectivity index (χ0v) is 21.1. The Bertz CT molecular complexity index is 1220. The highest BCUT2D eigenvalue weighted by Gasteiger charge is 2.30. The normalized spacial score (nSPS) is 13.0. The number of pyridine rings is 1. The van der Waals surface area contributed by atoms with Gasteiger partial charge in [-0.25, -0.2) is 14.4 Å². The van der Waals surface area contributed by atoms with Crippen molar-refractivity contribution >= 4 is 18.1 Å². The fourth-order valence-corrected chi connectivity index (χ4v) is 4.09. The van der Waals surface area contributed by atoms with Gasteiger partial charge in [0.25, 0.3) is 5.91 Å². The first kappa shape index (κ1) is 26.3. The van der Waals surface area contributed by atoms with E-state index < -0.39 is 0 Å². The van der Waals surface area contributed by atoms with Crippen molar-refractivity contribution in [2.24, 2.45) is 5.92 Å². The first-order chi connectivity index (χ1) is 17.9. The molecule has 0 atom stereocenters. The number of rotatable bonds is 13. The SMILES string of the molecule is CC(C)N(CCCO)C(=O)c1c(NC=O)nc(-c2cccnc2OCC2CC2)n1Cc1ccc(F)cc1. The third-order valence-electron chi connectivity index (χ3n) is 6.23. The predicted octanol–water partition coefficient (Wildman–Crippen LogP) is 3.72. The minimum Gasteiger partial charge on any atom is -0.477 e. The van der Waals surface area contributed by atoms with Crippen molar-refractivity contribution in [3.8, 4) is 17.3 Å². The highest BCUT2D eigenvalue weighted by molar-refractivity contribution is 6.00. The van der Waals surface area contributed by atoms with Gasteiger partial charge in [0.1, 0.15) is 11.6 Å². The van der Waals surface area contributed by atoms with Crippen molar-refractivity contribution in [1.82, 2.24) is 19.4 Å². The van der Waals surface area contributed by atoms with Crippen LogP contribution in [-0.2, 0) is 11.3 Å². The van der Waals surface area contributed by atoms with Crippen LogP contribution < -0.4 is 10.1 Å². The number of carbonyl (C=O) groups is 2. The molecule has 0 spiro atoms. The van der Waals surface area contributed by atoms with Crippen molar-refractivity contribution < 1.29 is 23.8 Å². The zero-order valence-electron chi connectivity index (χ0n) is 21.1. The maximum absolute atomic E-state index is 13.9. The molecule has 1 aromatic carbocycles. The second-order valence-electron chi connectivity index (χ2n) is 9.39. The van der Waals surface area contributed by atoms with E-state index in [0.29, 0.717) is 49.2 Å². The van der Waals surface area contributed by atoms with E-state index in [-0.39, 0.29) is 42.4 Å². The Morgan fingerprint density at radius 2 is 2.05 bits per heavy atom. The summed E-state index contributed by atoms with van der Waals surface area (Å²) >= 11 is 0. The average Bonchev–Trinajstić information content (AvgIpc) is 3.65. The van der Waals surface area contributed by atoms with Gasteiger partial charge in [-0.3, -0.25) is 9.59 Å². The third kappa shape index (κ3) is 6.32. The van der Waals surface area contributed by atoms with Gasteiger partial charge in [-0.05, 0) is 68.9 Å². The Morgan fingerprint density at radius 3 is 2.70 bits per heavy atom. The Labute approximate surface area is 215 Å². The highest BCUT2D eigenvalue weighted by atomic mass is 19.1. The Hall–Kier alpha value is -3.79. The maximum Gasteiger partial charge on any atom is 0.274 e. The van der Waals surface area contributed by atoms with Crippen LogP contribution in [0.3, 0.4) is 0 Å². The van der Waals surface area contributed by atoms with E-state index in [2.05, 4.69) is 15.3 Å². The van der Waals surface area contributed by atoms with Gasteiger partial charge < -0.3 is 24.6 Å². The molecule has 2 N–H and O–H groups in total. The molecule has 0 radical (unpaired) electrons. The van der Waals surface area contributed by atoms with Crippen molar-refractivity contribution in [2.45, 2.75) is 45.7 Å².